The summed E-state index contributed by atoms with van der Waals surface area (Å²) in [5, 5.41) is 0. The van der Waals surface area contributed by atoms with Gasteiger partial charge in [0.2, 0.25) is 0 Å². The van der Waals surface area contributed by atoms with Crippen molar-refractivity contribution in [2.24, 2.45) is 0 Å². The Kier molecular flexibility index (Phi) is 8.08. The van der Waals surface area contributed by atoms with Crippen LogP contribution in [0, 0.1) is 0 Å². The molecule has 10 heteroatoms. The molecule has 3 rings (SSSR count). The minimum Gasteiger partial charge on any atom is -0.376 e. The molecule has 2 aromatic rings. The molecule has 0 bridgehead atoms. The molecular formula is C25H29F3N2O4S. The van der Waals surface area contributed by atoms with Crippen molar-refractivity contribution in [1.82, 2.24) is 9.80 Å². The summed E-state index contributed by atoms with van der Waals surface area (Å²) < 4.78 is 66.1. The topological polar surface area (TPSA) is 66.9 Å². The lowest BCUT2D eigenvalue weighted by molar-refractivity contribution is -0.0500. The zero-order chi connectivity index (χ0) is 26.0. The molecule has 35 heavy (non-hydrogen) atoms. The van der Waals surface area contributed by atoms with E-state index in [9.17, 15) is 26.4 Å². The Hall–Kier alpha value is -2.69. The number of piperazine rings is 1. The Morgan fingerprint density at radius 3 is 2.34 bits per heavy atom. The average molecular weight is 511 g/mol. The fourth-order valence-electron chi connectivity index (χ4n) is 4.39. The number of carbonyl (C=O) groups excluding carboxylic acids is 1. The molecule has 1 aliphatic rings. The number of nitrogens with zero attached hydrogens (tertiary/aromatic N) is 2. The maximum atomic E-state index is 12.9. The molecule has 6 nitrogen and oxygen atoms in total. The number of carbonyl (C=O) groups is 1. The molecule has 0 aliphatic carbocycles. The number of Topliss-reactive ketones (excluding diaryl/α,β-unsaturated/α-hetero) is 1. The normalized spacial score (nSPS) is 20.9. The largest absolute Gasteiger partial charge is 0.534 e. The molecule has 1 fully saturated rings. The van der Waals surface area contributed by atoms with E-state index < -0.39 is 27.4 Å². The summed E-state index contributed by atoms with van der Waals surface area (Å²) in [5.41, 5.74) is -3.59. The molecule has 1 saturated heterocycles. The number of alkyl halides is 3. The van der Waals surface area contributed by atoms with Crippen molar-refractivity contribution in [2.45, 2.75) is 44.4 Å². The third-order valence-corrected chi connectivity index (χ3v) is 7.13. The van der Waals surface area contributed by atoms with Crippen molar-refractivity contribution in [3.05, 3.63) is 77.9 Å². The first kappa shape index (κ1) is 26.9. The minimum atomic E-state index is -5.80. The summed E-state index contributed by atoms with van der Waals surface area (Å²) in [4.78, 5) is 16.3. The number of halogens is 3. The molecule has 0 aromatic heterocycles. The predicted molar refractivity (Wildman–Crippen MR) is 128 cm³/mol. The highest BCUT2D eigenvalue weighted by molar-refractivity contribution is 7.88. The summed E-state index contributed by atoms with van der Waals surface area (Å²) in [6.07, 6.45) is 1.85. The first-order valence-electron chi connectivity index (χ1n) is 11.2. The standard InChI is InChI=1S/C25H29F3N2O4S/c1-5-13-29-15-18(3)30(16-17(29)2)24(21-11-9-20(10-12-21)19(4)31)22-7-6-8-23(14-22)34-35(32,33)25(26,27)28/h5-12,14,17-18,24H,1,13,15-16H2,2-4H3/t17-,18+,24-/m1/s1. The van der Waals surface area contributed by atoms with Crippen LogP contribution in [0.1, 0.15) is 48.3 Å². The molecule has 3 atom stereocenters. The number of hydrogen-bond acceptors (Lipinski definition) is 6. The Balaban J connectivity index is 2.04. The summed E-state index contributed by atoms with van der Waals surface area (Å²) >= 11 is 0. The van der Waals surface area contributed by atoms with Crippen LogP contribution in [0.5, 0.6) is 5.75 Å². The maximum Gasteiger partial charge on any atom is 0.534 e. The van der Waals surface area contributed by atoms with Crippen LogP contribution in [0.25, 0.3) is 0 Å². The van der Waals surface area contributed by atoms with Gasteiger partial charge in [0, 0.05) is 37.3 Å². The minimum absolute atomic E-state index is 0.0621. The molecule has 0 saturated carbocycles. The molecule has 0 spiro atoms. The zero-order valence-electron chi connectivity index (χ0n) is 19.8. The molecule has 0 amide bonds. The molecule has 0 unspecified atom stereocenters. The second kappa shape index (κ2) is 10.5. The van der Waals surface area contributed by atoms with E-state index in [0.717, 1.165) is 18.7 Å². The number of hydrogen-bond donors (Lipinski definition) is 0. The number of ketones is 1. The maximum absolute atomic E-state index is 12.9. The highest BCUT2D eigenvalue weighted by atomic mass is 32.2. The van der Waals surface area contributed by atoms with Crippen molar-refractivity contribution in [2.75, 3.05) is 19.6 Å². The first-order valence-corrected chi connectivity index (χ1v) is 12.6. The van der Waals surface area contributed by atoms with Gasteiger partial charge in [-0.25, -0.2) is 0 Å². The summed E-state index contributed by atoms with van der Waals surface area (Å²) in [7, 11) is -5.80. The molecule has 0 radical (unpaired) electrons. The molecule has 1 aliphatic heterocycles. The summed E-state index contributed by atoms with van der Waals surface area (Å²) in [5.74, 6) is -0.503. The second-order valence-corrected chi connectivity index (χ2v) is 10.3. The summed E-state index contributed by atoms with van der Waals surface area (Å²) in [6, 6.07) is 12.6. The van der Waals surface area contributed by atoms with E-state index in [1.807, 2.05) is 18.2 Å². The first-order chi connectivity index (χ1) is 16.3. The van der Waals surface area contributed by atoms with E-state index in [1.165, 1.54) is 25.1 Å². The predicted octanol–water partition coefficient (Wildman–Crippen LogP) is 4.79. The molecule has 1 heterocycles. The van der Waals surface area contributed by atoms with Crippen molar-refractivity contribution < 1.29 is 30.6 Å². The van der Waals surface area contributed by atoms with E-state index in [2.05, 4.69) is 34.4 Å². The van der Waals surface area contributed by atoms with Crippen LogP contribution in [0.3, 0.4) is 0 Å². The van der Waals surface area contributed by atoms with Crippen molar-refractivity contribution >= 4 is 15.9 Å². The fourth-order valence-corrected chi connectivity index (χ4v) is 4.84. The van der Waals surface area contributed by atoms with Gasteiger partial charge in [-0.15, -0.1) is 6.58 Å². The van der Waals surface area contributed by atoms with Crippen molar-refractivity contribution in [1.29, 1.82) is 0 Å². The van der Waals surface area contributed by atoms with E-state index in [-0.39, 0.29) is 17.9 Å². The Morgan fingerprint density at radius 2 is 1.77 bits per heavy atom. The van der Waals surface area contributed by atoms with Crippen LogP contribution in [0.2, 0.25) is 0 Å². The number of benzene rings is 2. The second-order valence-electron chi connectivity index (χ2n) is 8.77. The van der Waals surface area contributed by atoms with Gasteiger partial charge in [-0.2, -0.15) is 21.6 Å². The van der Waals surface area contributed by atoms with Crippen LogP contribution in [-0.4, -0.2) is 61.2 Å². The van der Waals surface area contributed by atoms with Gasteiger partial charge < -0.3 is 4.18 Å². The highest BCUT2D eigenvalue weighted by Gasteiger charge is 2.48. The van der Waals surface area contributed by atoms with E-state index in [1.54, 1.807) is 18.2 Å². The van der Waals surface area contributed by atoms with Gasteiger partial charge in [0.15, 0.2) is 5.78 Å². The zero-order valence-corrected chi connectivity index (χ0v) is 20.6. The van der Waals surface area contributed by atoms with Gasteiger partial charge >= 0.3 is 15.6 Å². The lowest BCUT2D eigenvalue weighted by Gasteiger charge is -2.47. The Labute approximate surface area is 204 Å². The quantitative estimate of drug-likeness (QED) is 0.220. The van der Waals surface area contributed by atoms with Crippen LogP contribution < -0.4 is 4.18 Å². The van der Waals surface area contributed by atoms with E-state index >= 15 is 0 Å². The molecule has 0 N–H and O–H groups in total. The van der Waals surface area contributed by atoms with Crippen LogP contribution in [-0.2, 0) is 10.1 Å². The fraction of sp³-hybridized carbons (Fsp3) is 0.400. The van der Waals surface area contributed by atoms with Gasteiger partial charge in [0.1, 0.15) is 5.75 Å². The monoisotopic (exact) mass is 510 g/mol. The van der Waals surface area contributed by atoms with Crippen LogP contribution in [0.4, 0.5) is 13.2 Å². The van der Waals surface area contributed by atoms with Crippen LogP contribution in [0.15, 0.2) is 61.2 Å². The van der Waals surface area contributed by atoms with Crippen molar-refractivity contribution in [3.63, 3.8) is 0 Å². The molecular weight excluding hydrogens is 481 g/mol. The van der Waals surface area contributed by atoms with E-state index in [4.69, 9.17) is 0 Å². The SMILES string of the molecule is C=CCN1C[C@H](C)N([C@H](c2ccc(C(C)=O)cc2)c2cccc(OS(=O)(=O)C(F)(F)F)c2)C[C@H]1C. The number of rotatable bonds is 8. The van der Waals surface area contributed by atoms with Gasteiger partial charge in [-0.1, -0.05) is 42.5 Å². The molecule has 190 valence electrons. The van der Waals surface area contributed by atoms with Gasteiger partial charge in [0.25, 0.3) is 0 Å². The van der Waals surface area contributed by atoms with Gasteiger partial charge in [-0.05, 0) is 44.0 Å². The van der Waals surface area contributed by atoms with Crippen molar-refractivity contribution in [3.8, 4) is 5.75 Å². The summed E-state index contributed by atoms with van der Waals surface area (Å²) in [6.45, 7) is 11.6. The molecule has 2 aromatic carbocycles. The lowest BCUT2D eigenvalue weighted by atomic mass is 9.92. The third kappa shape index (κ3) is 6.12. The van der Waals surface area contributed by atoms with E-state index in [0.29, 0.717) is 17.7 Å². The van der Waals surface area contributed by atoms with Crippen LogP contribution >= 0.6 is 0 Å². The van der Waals surface area contributed by atoms with Gasteiger partial charge in [0.05, 0.1) is 6.04 Å². The smallest absolute Gasteiger partial charge is 0.376 e. The lowest BCUT2D eigenvalue weighted by Crippen LogP contribution is -2.57. The highest BCUT2D eigenvalue weighted by Crippen LogP contribution is 2.36. The third-order valence-electron chi connectivity index (χ3n) is 6.15. The van der Waals surface area contributed by atoms with Gasteiger partial charge in [-0.3, -0.25) is 14.6 Å². The Bertz CT molecular complexity index is 1170. The average Bonchev–Trinajstić information content (AvgIpc) is 2.77. The Morgan fingerprint density at radius 1 is 1.11 bits per heavy atom.